The van der Waals surface area contributed by atoms with E-state index in [9.17, 15) is 4.79 Å². The van der Waals surface area contributed by atoms with Crippen molar-refractivity contribution in [1.29, 1.82) is 0 Å². The standard InChI is InChI=1S/C15H23N3O/c1-18(10-12-6-5-7-12)11-15(17,14(16)19)13-8-3-2-4-9-13/h2-4,8-9,12H,5-7,10-11,17H2,1H3,(H2,16,19). The van der Waals surface area contributed by atoms with Crippen LogP contribution in [0.25, 0.3) is 0 Å². The van der Waals surface area contributed by atoms with Crippen LogP contribution in [0, 0.1) is 5.92 Å². The molecular weight excluding hydrogens is 238 g/mol. The topological polar surface area (TPSA) is 72.3 Å². The van der Waals surface area contributed by atoms with Crippen LogP contribution >= 0.6 is 0 Å². The van der Waals surface area contributed by atoms with Crippen molar-refractivity contribution in [3.05, 3.63) is 35.9 Å². The molecule has 1 unspecified atom stereocenters. The second-order valence-electron chi connectivity index (χ2n) is 5.70. The number of hydrogen-bond donors (Lipinski definition) is 2. The van der Waals surface area contributed by atoms with Crippen LogP contribution in [-0.4, -0.2) is 30.9 Å². The van der Waals surface area contributed by atoms with Gasteiger partial charge in [-0.1, -0.05) is 36.8 Å². The van der Waals surface area contributed by atoms with Crippen molar-refractivity contribution >= 4 is 5.91 Å². The van der Waals surface area contributed by atoms with E-state index in [0.717, 1.165) is 18.0 Å². The Balaban J connectivity index is 2.08. The van der Waals surface area contributed by atoms with Crippen molar-refractivity contribution in [3.63, 3.8) is 0 Å². The van der Waals surface area contributed by atoms with E-state index in [1.54, 1.807) is 0 Å². The summed E-state index contributed by atoms with van der Waals surface area (Å²) in [6.45, 7) is 1.45. The summed E-state index contributed by atoms with van der Waals surface area (Å²) in [7, 11) is 2.01. The Morgan fingerprint density at radius 2 is 2.00 bits per heavy atom. The van der Waals surface area contributed by atoms with Crippen molar-refractivity contribution in [2.75, 3.05) is 20.1 Å². The van der Waals surface area contributed by atoms with Crippen LogP contribution in [0.3, 0.4) is 0 Å². The Bertz CT molecular complexity index is 430. The molecule has 0 spiro atoms. The van der Waals surface area contributed by atoms with Gasteiger partial charge in [0.25, 0.3) is 0 Å². The summed E-state index contributed by atoms with van der Waals surface area (Å²) in [6, 6.07) is 9.39. The van der Waals surface area contributed by atoms with Gasteiger partial charge in [0, 0.05) is 13.1 Å². The third-order valence-corrected chi connectivity index (χ3v) is 4.04. The number of rotatable bonds is 6. The van der Waals surface area contributed by atoms with Crippen LogP contribution in [0.1, 0.15) is 24.8 Å². The van der Waals surface area contributed by atoms with Gasteiger partial charge in [0.1, 0.15) is 5.54 Å². The number of likely N-dealkylation sites (N-methyl/N-ethyl adjacent to an activating group) is 1. The van der Waals surface area contributed by atoms with Gasteiger partial charge in [-0.05, 0) is 31.4 Å². The van der Waals surface area contributed by atoms with Crippen molar-refractivity contribution < 1.29 is 4.79 Å². The molecule has 2 rings (SSSR count). The van der Waals surface area contributed by atoms with Gasteiger partial charge in [-0.3, -0.25) is 4.79 Å². The fraction of sp³-hybridized carbons (Fsp3) is 0.533. The number of hydrogen-bond acceptors (Lipinski definition) is 3. The molecule has 1 amide bonds. The van der Waals surface area contributed by atoms with E-state index >= 15 is 0 Å². The molecule has 4 N–H and O–H groups in total. The second kappa shape index (κ2) is 5.72. The molecule has 1 fully saturated rings. The molecule has 1 aromatic rings. The first-order chi connectivity index (χ1) is 9.02. The van der Waals surface area contributed by atoms with Crippen LogP contribution in [0.15, 0.2) is 30.3 Å². The van der Waals surface area contributed by atoms with E-state index in [2.05, 4.69) is 4.90 Å². The summed E-state index contributed by atoms with van der Waals surface area (Å²) in [6.07, 6.45) is 3.88. The van der Waals surface area contributed by atoms with E-state index in [1.165, 1.54) is 19.3 Å². The number of carbonyl (C=O) groups excluding carboxylic acids is 1. The maximum absolute atomic E-state index is 11.8. The molecular formula is C15H23N3O. The van der Waals surface area contributed by atoms with Gasteiger partial charge in [-0.2, -0.15) is 0 Å². The molecule has 0 aromatic heterocycles. The van der Waals surface area contributed by atoms with Gasteiger partial charge in [-0.25, -0.2) is 0 Å². The summed E-state index contributed by atoms with van der Waals surface area (Å²) < 4.78 is 0. The minimum atomic E-state index is -1.11. The quantitative estimate of drug-likeness (QED) is 0.804. The molecule has 0 radical (unpaired) electrons. The van der Waals surface area contributed by atoms with Crippen molar-refractivity contribution in [1.82, 2.24) is 4.90 Å². The molecule has 1 aliphatic carbocycles. The minimum absolute atomic E-state index is 0.461. The molecule has 0 heterocycles. The van der Waals surface area contributed by atoms with E-state index in [0.29, 0.717) is 6.54 Å². The van der Waals surface area contributed by atoms with Gasteiger partial charge in [0.15, 0.2) is 0 Å². The number of primary amides is 1. The average Bonchev–Trinajstić information content (AvgIpc) is 2.34. The lowest BCUT2D eigenvalue weighted by Crippen LogP contribution is -2.56. The highest BCUT2D eigenvalue weighted by Crippen LogP contribution is 2.28. The predicted octanol–water partition coefficient (Wildman–Crippen LogP) is 1.06. The highest BCUT2D eigenvalue weighted by atomic mass is 16.1. The summed E-state index contributed by atoms with van der Waals surface area (Å²) in [5.74, 6) is 0.275. The van der Waals surface area contributed by atoms with Gasteiger partial charge in [-0.15, -0.1) is 0 Å². The van der Waals surface area contributed by atoms with Crippen LogP contribution in [0.5, 0.6) is 0 Å². The summed E-state index contributed by atoms with van der Waals surface area (Å²) in [5.41, 5.74) is 11.5. The molecule has 19 heavy (non-hydrogen) atoms. The van der Waals surface area contributed by atoms with Crippen molar-refractivity contribution in [2.45, 2.75) is 24.8 Å². The molecule has 0 aliphatic heterocycles. The van der Waals surface area contributed by atoms with Gasteiger partial charge < -0.3 is 16.4 Å². The van der Waals surface area contributed by atoms with Crippen molar-refractivity contribution in [3.8, 4) is 0 Å². The van der Waals surface area contributed by atoms with E-state index in [-0.39, 0.29) is 0 Å². The Morgan fingerprint density at radius 3 is 2.47 bits per heavy atom. The fourth-order valence-corrected chi connectivity index (χ4v) is 2.65. The Labute approximate surface area is 114 Å². The molecule has 1 atom stereocenters. The molecule has 1 aliphatic rings. The lowest BCUT2D eigenvalue weighted by molar-refractivity contribution is -0.124. The molecule has 0 saturated heterocycles. The Kier molecular flexibility index (Phi) is 4.22. The van der Waals surface area contributed by atoms with E-state index < -0.39 is 11.4 Å². The van der Waals surface area contributed by atoms with Gasteiger partial charge in [0.2, 0.25) is 5.91 Å². The fourth-order valence-electron chi connectivity index (χ4n) is 2.65. The van der Waals surface area contributed by atoms with Crippen LogP contribution in [-0.2, 0) is 10.3 Å². The van der Waals surface area contributed by atoms with E-state index in [1.807, 2.05) is 37.4 Å². The number of nitrogens with two attached hydrogens (primary N) is 2. The summed E-state index contributed by atoms with van der Waals surface area (Å²) >= 11 is 0. The molecule has 0 bridgehead atoms. The summed E-state index contributed by atoms with van der Waals surface area (Å²) in [4.78, 5) is 13.9. The second-order valence-corrected chi connectivity index (χ2v) is 5.70. The maximum atomic E-state index is 11.8. The molecule has 4 heteroatoms. The lowest BCUT2D eigenvalue weighted by atomic mass is 9.84. The highest BCUT2D eigenvalue weighted by molar-refractivity contribution is 5.86. The maximum Gasteiger partial charge on any atom is 0.243 e. The monoisotopic (exact) mass is 261 g/mol. The highest BCUT2D eigenvalue weighted by Gasteiger charge is 2.35. The molecule has 4 nitrogen and oxygen atoms in total. The smallest absolute Gasteiger partial charge is 0.243 e. The zero-order valence-electron chi connectivity index (χ0n) is 11.5. The van der Waals surface area contributed by atoms with Crippen LogP contribution in [0.2, 0.25) is 0 Å². The number of carbonyl (C=O) groups is 1. The van der Waals surface area contributed by atoms with Crippen molar-refractivity contribution in [2.24, 2.45) is 17.4 Å². The predicted molar refractivity (Wildman–Crippen MR) is 76.3 cm³/mol. The SMILES string of the molecule is CN(CC1CCC1)CC(N)(C(N)=O)c1ccccc1. The minimum Gasteiger partial charge on any atom is -0.368 e. The zero-order valence-corrected chi connectivity index (χ0v) is 11.5. The van der Waals surface area contributed by atoms with Crippen LogP contribution < -0.4 is 11.5 Å². The first-order valence-electron chi connectivity index (χ1n) is 6.85. The van der Waals surface area contributed by atoms with E-state index in [4.69, 9.17) is 11.5 Å². The zero-order chi connectivity index (χ0) is 13.9. The Morgan fingerprint density at radius 1 is 1.37 bits per heavy atom. The number of amides is 1. The third kappa shape index (κ3) is 3.14. The summed E-state index contributed by atoms with van der Waals surface area (Å²) in [5, 5.41) is 0. The average molecular weight is 261 g/mol. The van der Waals surface area contributed by atoms with Crippen LogP contribution in [0.4, 0.5) is 0 Å². The first-order valence-corrected chi connectivity index (χ1v) is 6.85. The largest absolute Gasteiger partial charge is 0.368 e. The first kappa shape index (κ1) is 14.0. The molecule has 1 saturated carbocycles. The van der Waals surface area contributed by atoms with Gasteiger partial charge in [0.05, 0.1) is 0 Å². The molecule has 1 aromatic carbocycles. The van der Waals surface area contributed by atoms with Gasteiger partial charge >= 0.3 is 0 Å². The number of nitrogens with zero attached hydrogens (tertiary/aromatic N) is 1. The molecule has 104 valence electrons. The third-order valence-electron chi connectivity index (χ3n) is 4.04. The number of benzene rings is 1. The lowest BCUT2D eigenvalue weighted by Gasteiger charge is -2.35. The Hall–Kier alpha value is -1.39. The normalized spacial score (nSPS) is 18.9.